The predicted molar refractivity (Wildman–Crippen MR) is 197 cm³/mol. The number of anilines is 1. The molecule has 0 spiro atoms. The third kappa shape index (κ3) is 5.36. The molecule has 2 aromatic carbocycles. The summed E-state index contributed by atoms with van der Waals surface area (Å²) in [5.74, 6) is 2.73. The number of rotatable bonds is 6. The van der Waals surface area contributed by atoms with E-state index < -0.39 is 40.8 Å². The molecule has 7 rings (SSSR count). The van der Waals surface area contributed by atoms with E-state index in [9.17, 15) is 13.5 Å². The number of halogens is 2. The number of aliphatic hydroxyl groups excluding tert-OH is 1. The van der Waals surface area contributed by atoms with Crippen LogP contribution in [-0.2, 0) is 9.84 Å². The van der Waals surface area contributed by atoms with Gasteiger partial charge in [0.2, 0.25) is 15.0 Å². The highest BCUT2D eigenvalue weighted by molar-refractivity contribution is 7.91. The van der Waals surface area contributed by atoms with E-state index in [1.807, 2.05) is 6.07 Å². The third-order valence-corrected chi connectivity index (χ3v) is 19.8. The predicted octanol–water partition coefficient (Wildman–Crippen LogP) is 8.53. The number of piperidine rings is 1. The van der Waals surface area contributed by atoms with Crippen molar-refractivity contribution in [3.63, 3.8) is 0 Å². The van der Waals surface area contributed by atoms with Gasteiger partial charge in [0.25, 0.3) is 0 Å². The Morgan fingerprint density at radius 1 is 0.960 bits per heavy atom. The molecule has 4 aromatic rings. The van der Waals surface area contributed by atoms with E-state index in [-0.39, 0.29) is 39.6 Å². The molecule has 7 nitrogen and oxygen atoms in total. The van der Waals surface area contributed by atoms with Crippen LogP contribution >= 0.6 is 0 Å². The van der Waals surface area contributed by atoms with Crippen LogP contribution in [0.25, 0.3) is 32.9 Å². The molecular formula is C39H46F2N4O3SSi. The number of pyridine rings is 1. The van der Waals surface area contributed by atoms with Gasteiger partial charge in [-0.1, -0.05) is 78.7 Å². The first-order valence-corrected chi connectivity index (χ1v) is 21.9. The Balaban J connectivity index is 1.54. The quantitative estimate of drug-likeness (QED) is 0.121. The summed E-state index contributed by atoms with van der Waals surface area (Å²) in [7, 11) is -6.20. The summed E-state index contributed by atoms with van der Waals surface area (Å²) < 4.78 is 59.9. The van der Waals surface area contributed by atoms with E-state index in [1.165, 1.54) is 13.0 Å². The molecule has 4 heterocycles. The average Bonchev–Trinajstić information content (AvgIpc) is 3.42. The van der Waals surface area contributed by atoms with E-state index in [1.54, 1.807) is 18.2 Å². The molecule has 1 N–H and O–H groups in total. The summed E-state index contributed by atoms with van der Waals surface area (Å²) in [5, 5.41) is 12.7. The van der Waals surface area contributed by atoms with Gasteiger partial charge in [0.05, 0.1) is 28.5 Å². The minimum atomic E-state index is -3.93. The number of hydrogen-bond acceptors (Lipinski definition) is 7. The zero-order valence-corrected chi connectivity index (χ0v) is 31.7. The van der Waals surface area contributed by atoms with E-state index in [2.05, 4.69) is 67.9 Å². The van der Waals surface area contributed by atoms with E-state index >= 15 is 8.78 Å². The van der Waals surface area contributed by atoms with Gasteiger partial charge in [-0.25, -0.2) is 32.2 Å². The molecule has 3 aliphatic rings. The summed E-state index contributed by atoms with van der Waals surface area (Å²) >= 11 is 0. The summed E-state index contributed by atoms with van der Waals surface area (Å²) in [6.07, 6.45) is 2.38. The van der Waals surface area contributed by atoms with Crippen molar-refractivity contribution in [3.05, 3.63) is 53.2 Å². The highest BCUT2D eigenvalue weighted by Crippen LogP contribution is 2.50. The number of nitrogens with zero attached hydrogens (tertiary/aromatic N) is 4. The highest BCUT2D eigenvalue weighted by Gasteiger charge is 2.46. The fourth-order valence-electron chi connectivity index (χ4n) is 9.53. The highest BCUT2D eigenvalue weighted by atomic mass is 32.2. The topological polar surface area (TPSA) is 96.3 Å². The maximum atomic E-state index is 17.3. The largest absolute Gasteiger partial charge is 0.387 e. The van der Waals surface area contributed by atoms with Crippen molar-refractivity contribution >= 4 is 45.4 Å². The van der Waals surface area contributed by atoms with Crippen LogP contribution in [0.2, 0.25) is 16.6 Å². The van der Waals surface area contributed by atoms with Gasteiger partial charge in [0.15, 0.2) is 5.82 Å². The molecule has 4 atom stereocenters. The van der Waals surface area contributed by atoms with Crippen molar-refractivity contribution in [2.45, 2.75) is 108 Å². The van der Waals surface area contributed by atoms with E-state index in [0.29, 0.717) is 63.6 Å². The maximum absolute atomic E-state index is 17.3. The molecular weight excluding hydrogens is 671 g/mol. The van der Waals surface area contributed by atoms with Crippen molar-refractivity contribution < 1.29 is 22.3 Å². The van der Waals surface area contributed by atoms with Crippen molar-refractivity contribution in [2.24, 2.45) is 11.8 Å². The molecule has 1 aliphatic carbocycles. The van der Waals surface area contributed by atoms with Crippen LogP contribution in [0.1, 0.15) is 91.5 Å². The molecule has 1 saturated carbocycles. The van der Waals surface area contributed by atoms with E-state index in [0.717, 1.165) is 19.3 Å². The lowest BCUT2D eigenvalue weighted by molar-refractivity contribution is 0.138. The van der Waals surface area contributed by atoms with Gasteiger partial charge in [-0.2, -0.15) is 0 Å². The minimum absolute atomic E-state index is 0.0967. The molecule has 2 fully saturated rings. The van der Waals surface area contributed by atoms with Crippen LogP contribution in [0, 0.1) is 34.9 Å². The Bertz CT molecular complexity index is 2180. The lowest BCUT2D eigenvalue weighted by Gasteiger charge is -2.40. The Labute approximate surface area is 294 Å². The Kier molecular flexibility index (Phi) is 8.84. The van der Waals surface area contributed by atoms with Gasteiger partial charge in [0, 0.05) is 23.5 Å². The molecule has 11 heteroatoms. The van der Waals surface area contributed by atoms with Crippen molar-refractivity contribution in [3.8, 4) is 22.7 Å². The number of benzene rings is 2. The van der Waals surface area contributed by atoms with Gasteiger partial charge >= 0.3 is 0 Å². The first-order chi connectivity index (χ1) is 23.7. The van der Waals surface area contributed by atoms with Crippen LogP contribution in [-0.4, -0.2) is 54.9 Å². The number of aromatic nitrogens is 3. The smallest absolute Gasteiger partial charge is 0.249 e. The SMILES string of the molecule is CCS(=O)(=O)c1nc2c3c(nc(-c4cccc5ccc(F)c(C#C[Si](C(C)C)(C(C)C)C(C)C)c45)c(F)c3n1)[C@H](O)C[C@@H]1[C@@H]3CC[C@@H](C3)CN21. The zero-order valence-electron chi connectivity index (χ0n) is 29.9. The van der Waals surface area contributed by atoms with Crippen LogP contribution in [0.15, 0.2) is 35.5 Å². The first-order valence-electron chi connectivity index (χ1n) is 18.0. The third-order valence-electron chi connectivity index (χ3n) is 12.0. The number of aliphatic hydroxyl groups is 1. The van der Waals surface area contributed by atoms with Gasteiger partial charge in [0.1, 0.15) is 30.9 Å². The zero-order chi connectivity index (χ0) is 35.9. The molecule has 2 aromatic heterocycles. The van der Waals surface area contributed by atoms with Crippen LogP contribution in [0.4, 0.5) is 14.6 Å². The molecule has 2 aliphatic heterocycles. The monoisotopic (exact) mass is 716 g/mol. The van der Waals surface area contributed by atoms with Crippen molar-refractivity contribution in [1.29, 1.82) is 0 Å². The van der Waals surface area contributed by atoms with Crippen LogP contribution < -0.4 is 4.90 Å². The van der Waals surface area contributed by atoms with Crippen molar-refractivity contribution in [2.75, 3.05) is 17.2 Å². The Morgan fingerprint density at radius 3 is 2.36 bits per heavy atom. The maximum Gasteiger partial charge on any atom is 0.249 e. The van der Waals surface area contributed by atoms with Gasteiger partial charge in [-0.15, -0.1) is 5.54 Å². The summed E-state index contributed by atoms with van der Waals surface area (Å²) in [5.41, 5.74) is 4.96. The summed E-state index contributed by atoms with van der Waals surface area (Å²) in [4.78, 5) is 15.9. The normalized spacial score (nSPS) is 22.0. The fourth-order valence-corrected chi connectivity index (χ4v) is 15.5. The molecule has 50 heavy (non-hydrogen) atoms. The molecule has 0 unspecified atom stereocenters. The average molecular weight is 717 g/mol. The fraction of sp³-hybridized carbons (Fsp3) is 0.513. The molecule has 1 saturated heterocycles. The lowest BCUT2D eigenvalue weighted by atomic mass is 9.87. The standard InChI is InChI=1S/C39H46F2N4O3SSi/c1-8-49(47,48)39-43-37-33-36(31(46)19-30-26-13-12-24(18-26)20-45(30)38(33)44-39)42-35(34(37)41)28-11-9-10-25-14-15-29(40)27(32(25)28)16-17-50(21(2)3,22(4)5)23(6)7/h9-11,14-15,21-24,26,30-31,46H,8,12-13,18-20H2,1-7H3/t24-,26+,30+,31+/m0/s1. The van der Waals surface area contributed by atoms with Crippen molar-refractivity contribution in [1.82, 2.24) is 15.0 Å². The molecule has 0 amide bonds. The first kappa shape index (κ1) is 35.0. The Hall–Kier alpha value is -3.46. The number of sulfone groups is 1. The van der Waals surface area contributed by atoms with Gasteiger partial charge in [-0.05, 0) is 65.6 Å². The Morgan fingerprint density at radius 2 is 1.68 bits per heavy atom. The van der Waals surface area contributed by atoms with Gasteiger partial charge in [-0.3, -0.25) is 0 Å². The van der Waals surface area contributed by atoms with Crippen LogP contribution in [0.3, 0.4) is 0 Å². The second-order valence-corrected chi connectivity index (χ2v) is 23.3. The molecule has 0 radical (unpaired) electrons. The van der Waals surface area contributed by atoms with Gasteiger partial charge < -0.3 is 10.0 Å². The number of hydrogen-bond donors (Lipinski definition) is 1. The lowest BCUT2D eigenvalue weighted by Crippen LogP contribution is -2.46. The second-order valence-electron chi connectivity index (χ2n) is 15.5. The molecule has 2 bridgehead atoms. The summed E-state index contributed by atoms with van der Waals surface area (Å²) in [6, 6.07) is 8.24. The summed E-state index contributed by atoms with van der Waals surface area (Å²) in [6.45, 7) is 15.3. The van der Waals surface area contributed by atoms with E-state index in [4.69, 9.17) is 4.98 Å². The minimum Gasteiger partial charge on any atom is -0.387 e. The number of fused-ring (bicyclic) bond motifs is 6. The molecule has 264 valence electrons. The van der Waals surface area contributed by atoms with Crippen LogP contribution in [0.5, 0.6) is 0 Å². The second kappa shape index (κ2) is 12.6.